The molecule has 3 heteroatoms. The fraction of sp³-hybridized carbons (Fsp3) is 0.917. The molecular weight excluding hydrogens is 204 g/mol. The minimum absolute atomic E-state index is 0.317. The zero-order chi connectivity index (χ0) is 11.6. The normalized spacial score (nSPS) is 14.5. The summed E-state index contributed by atoms with van der Waals surface area (Å²) in [7, 11) is 0. The quantitative estimate of drug-likeness (QED) is 0.616. The van der Waals surface area contributed by atoms with E-state index in [9.17, 15) is 0 Å². The summed E-state index contributed by atoms with van der Waals surface area (Å²) in [5, 5.41) is 12.4. The monoisotopic (exact) mass is 228 g/mol. The molecule has 0 aromatic carbocycles. The van der Waals surface area contributed by atoms with Crippen LogP contribution in [0.1, 0.15) is 46.5 Å². The van der Waals surface area contributed by atoms with Crippen molar-refractivity contribution in [3.63, 3.8) is 0 Å². The van der Waals surface area contributed by atoms with Crippen LogP contribution < -0.4 is 5.32 Å². The van der Waals surface area contributed by atoms with E-state index >= 15 is 0 Å². The van der Waals surface area contributed by atoms with Crippen LogP contribution in [0, 0.1) is 11.3 Å². The topological polar surface area (TPSA) is 35.8 Å². The summed E-state index contributed by atoms with van der Waals surface area (Å²) in [5.74, 6) is 2.42. The molecule has 1 unspecified atom stereocenters. The van der Waals surface area contributed by atoms with E-state index in [1.165, 1.54) is 17.9 Å². The van der Waals surface area contributed by atoms with Crippen molar-refractivity contribution in [1.29, 1.82) is 5.26 Å². The van der Waals surface area contributed by atoms with Gasteiger partial charge in [-0.15, -0.1) is 0 Å². The van der Waals surface area contributed by atoms with Crippen molar-refractivity contribution in [2.75, 3.05) is 18.1 Å². The predicted molar refractivity (Wildman–Crippen MR) is 69.2 cm³/mol. The Morgan fingerprint density at radius 2 is 2.00 bits per heavy atom. The molecule has 0 aliphatic carbocycles. The molecule has 15 heavy (non-hydrogen) atoms. The largest absolute Gasteiger partial charge is 0.300 e. The second-order valence-corrected chi connectivity index (χ2v) is 5.31. The Bertz CT molecular complexity index is 189. The van der Waals surface area contributed by atoms with E-state index < -0.39 is 0 Å². The lowest BCUT2D eigenvalue weighted by molar-refractivity contribution is 0.415. The van der Waals surface area contributed by atoms with Crippen LogP contribution in [0.3, 0.4) is 0 Å². The number of nitrogens with one attached hydrogen (secondary N) is 1. The molecule has 0 bridgehead atoms. The fourth-order valence-electron chi connectivity index (χ4n) is 1.36. The van der Waals surface area contributed by atoms with Crippen LogP contribution in [0.25, 0.3) is 0 Å². The lowest BCUT2D eigenvalue weighted by atomic mass is 9.98. The summed E-state index contributed by atoms with van der Waals surface area (Å²) in [6.07, 6.45) is 4.42. The van der Waals surface area contributed by atoms with Crippen LogP contribution in [-0.2, 0) is 0 Å². The van der Waals surface area contributed by atoms with Gasteiger partial charge in [0.15, 0.2) is 0 Å². The highest BCUT2D eigenvalue weighted by Crippen LogP contribution is 2.14. The van der Waals surface area contributed by atoms with Crippen molar-refractivity contribution in [3.05, 3.63) is 0 Å². The van der Waals surface area contributed by atoms with E-state index in [-0.39, 0.29) is 5.54 Å². The molecule has 0 heterocycles. The van der Waals surface area contributed by atoms with Gasteiger partial charge in [-0.05, 0) is 50.7 Å². The fourth-order valence-corrected chi connectivity index (χ4v) is 2.20. The molecule has 0 saturated carbocycles. The van der Waals surface area contributed by atoms with Crippen molar-refractivity contribution in [1.82, 2.24) is 5.32 Å². The number of rotatable bonds is 9. The van der Waals surface area contributed by atoms with E-state index in [0.717, 1.165) is 25.8 Å². The molecule has 0 aromatic rings. The third kappa shape index (κ3) is 7.70. The van der Waals surface area contributed by atoms with E-state index in [1.54, 1.807) is 0 Å². The van der Waals surface area contributed by atoms with Gasteiger partial charge < -0.3 is 0 Å². The van der Waals surface area contributed by atoms with E-state index in [2.05, 4.69) is 25.2 Å². The van der Waals surface area contributed by atoms with Gasteiger partial charge >= 0.3 is 0 Å². The van der Waals surface area contributed by atoms with Crippen LogP contribution in [-0.4, -0.2) is 23.6 Å². The highest BCUT2D eigenvalue weighted by molar-refractivity contribution is 7.99. The average Bonchev–Trinajstić information content (AvgIpc) is 2.26. The molecule has 0 rings (SSSR count). The lowest BCUT2D eigenvalue weighted by Crippen LogP contribution is -2.41. The number of nitrogens with zero attached hydrogens (tertiary/aromatic N) is 1. The molecule has 0 saturated heterocycles. The summed E-state index contributed by atoms with van der Waals surface area (Å²) in [4.78, 5) is 0. The Hall–Kier alpha value is -0.200. The molecule has 0 amide bonds. The number of hydrogen-bond acceptors (Lipinski definition) is 3. The van der Waals surface area contributed by atoms with Gasteiger partial charge in [0.05, 0.1) is 6.07 Å². The van der Waals surface area contributed by atoms with Gasteiger partial charge in [-0.3, -0.25) is 5.32 Å². The molecule has 88 valence electrons. The summed E-state index contributed by atoms with van der Waals surface area (Å²) >= 11 is 1.99. The summed E-state index contributed by atoms with van der Waals surface area (Å²) in [5.41, 5.74) is -0.317. The summed E-state index contributed by atoms with van der Waals surface area (Å²) in [6.45, 7) is 7.27. The van der Waals surface area contributed by atoms with Crippen LogP contribution >= 0.6 is 11.8 Å². The number of thioether (sulfide) groups is 1. The van der Waals surface area contributed by atoms with Crippen molar-refractivity contribution in [2.24, 2.45) is 0 Å². The number of hydrogen-bond donors (Lipinski definition) is 1. The standard InChI is InChI=1S/C12H24N2S/c1-4-8-14-12(3,11-13)7-6-10-15-9-5-2/h14H,4-10H2,1-3H3. The minimum Gasteiger partial charge on any atom is -0.300 e. The zero-order valence-electron chi connectivity index (χ0n) is 10.3. The highest BCUT2D eigenvalue weighted by Gasteiger charge is 2.21. The van der Waals surface area contributed by atoms with Crippen molar-refractivity contribution in [2.45, 2.75) is 52.0 Å². The summed E-state index contributed by atoms with van der Waals surface area (Å²) < 4.78 is 0. The molecule has 1 N–H and O–H groups in total. The van der Waals surface area contributed by atoms with Gasteiger partial charge in [-0.2, -0.15) is 17.0 Å². The smallest absolute Gasteiger partial charge is 0.103 e. The molecule has 0 fully saturated rings. The summed E-state index contributed by atoms with van der Waals surface area (Å²) in [6, 6.07) is 2.38. The van der Waals surface area contributed by atoms with E-state index in [1.807, 2.05) is 18.7 Å². The van der Waals surface area contributed by atoms with Gasteiger partial charge in [0.2, 0.25) is 0 Å². The minimum atomic E-state index is -0.317. The van der Waals surface area contributed by atoms with Crippen LogP contribution in [0.2, 0.25) is 0 Å². The van der Waals surface area contributed by atoms with Gasteiger partial charge in [-0.25, -0.2) is 0 Å². The highest BCUT2D eigenvalue weighted by atomic mass is 32.2. The van der Waals surface area contributed by atoms with Crippen LogP contribution in [0.5, 0.6) is 0 Å². The van der Waals surface area contributed by atoms with Crippen molar-refractivity contribution >= 4 is 11.8 Å². The third-order valence-electron chi connectivity index (χ3n) is 2.33. The number of nitriles is 1. The molecule has 0 spiro atoms. The van der Waals surface area contributed by atoms with Gasteiger partial charge in [0, 0.05) is 0 Å². The Labute approximate surface area is 98.8 Å². The Morgan fingerprint density at radius 1 is 1.27 bits per heavy atom. The molecule has 0 aliphatic heterocycles. The SMILES string of the molecule is CCCNC(C)(C#N)CCCSCCC. The lowest BCUT2D eigenvalue weighted by Gasteiger charge is -2.22. The first-order valence-corrected chi connectivity index (χ1v) is 7.08. The third-order valence-corrected chi connectivity index (χ3v) is 3.60. The average molecular weight is 228 g/mol. The molecule has 0 aliphatic rings. The molecule has 1 atom stereocenters. The Morgan fingerprint density at radius 3 is 2.53 bits per heavy atom. The molecular formula is C12H24N2S. The maximum absolute atomic E-state index is 9.10. The maximum atomic E-state index is 9.10. The Kier molecular flexibility index (Phi) is 8.94. The molecule has 0 aromatic heterocycles. The van der Waals surface area contributed by atoms with Crippen molar-refractivity contribution in [3.8, 4) is 6.07 Å². The zero-order valence-corrected chi connectivity index (χ0v) is 11.1. The first-order valence-electron chi connectivity index (χ1n) is 5.92. The Balaban J connectivity index is 3.64. The van der Waals surface area contributed by atoms with E-state index in [4.69, 9.17) is 5.26 Å². The van der Waals surface area contributed by atoms with Gasteiger partial charge in [0.1, 0.15) is 5.54 Å². The second kappa shape index (κ2) is 9.06. The molecule has 0 radical (unpaired) electrons. The predicted octanol–water partition coefficient (Wildman–Crippen LogP) is 3.19. The van der Waals surface area contributed by atoms with Crippen LogP contribution in [0.15, 0.2) is 0 Å². The first kappa shape index (κ1) is 14.8. The second-order valence-electron chi connectivity index (χ2n) is 4.09. The molecule has 2 nitrogen and oxygen atoms in total. The van der Waals surface area contributed by atoms with Gasteiger partial charge in [0.25, 0.3) is 0 Å². The van der Waals surface area contributed by atoms with E-state index in [0.29, 0.717) is 0 Å². The van der Waals surface area contributed by atoms with Crippen LogP contribution in [0.4, 0.5) is 0 Å². The first-order chi connectivity index (χ1) is 7.18. The maximum Gasteiger partial charge on any atom is 0.103 e. The van der Waals surface area contributed by atoms with Crippen molar-refractivity contribution < 1.29 is 0 Å². The van der Waals surface area contributed by atoms with Gasteiger partial charge in [-0.1, -0.05) is 13.8 Å².